The topological polar surface area (TPSA) is 63.8 Å². The number of aryl methyl sites for hydroxylation is 1. The molecular weight excluding hydrogens is 207 g/mol. The van der Waals surface area contributed by atoms with Crippen molar-refractivity contribution in [3.05, 3.63) is 41.8 Å². The summed E-state index contributed by atoms with van der Waals surface area (Å²) in [5.41, 5.74) is 4.22. The molecule has 1 heterocycles. The molecule has 0 bridgehead atoms. The minimum absolute atomic E-state index is 0.290. The summed E-state index contributed by atoms with van der Waals surface area (Å²) in [7, 11) is 0. The molecule has 0 fully saturated rings. The largest absolute Gasteiger partial charge is 0.307 e. The van der Waals surface area contributed by atoms with Gasteiger partial charge in [0, 0.05) is 11.1 Å². The minimum Gasteiger partial charge on any atom is -0.307 e. The number of benzene rings is 1. The maximum atomic E-state index is 13.6. The Kier molecular flexibility index (Phi) is 2.78. The van der Waals surface area contributed by atoms with Gasteiger partial charge in [-0.1, -0.05) is 18.2 Å². The first-order valence-corrected chi connectivity index (χ1v) is 4.78. The van der Waals surface area contributed by atoms with Crippen LogP contribution in [0.15, 0.2) is 30.3 Å². The maximum Gasteiger partial charge on any atom is 0.163 e. The average molecular weight is 218 g/mol. The van der Waals surface area contributed by atoms with Gasteiger partial charge in [-0.25, -0.2) is 10.2 Å². The van der Waals surface area contributed by atoms with E-state index in [1.165, 1.54) is 6.07 Å². The van der Waals surface area contributed by atoms with E-state index in [0.717, 1.165) is 0 Å². The molecule has 1 aromatic heterocycles. The van der Waals surface area contributed by atoms with Crippen LogP contribution < -0.4 is 11.3 Å². The van der Waals surface area contributed by atoms with E-state index in [-0.39, 0.29) is 5.82 Å². The van der Waals surface area contributed by atoms with Crippen LogP contribution in [0.1, 0.15) is 5.69 Å². The van der Waals surface area contributed by atoms with Crippen LogP contribution in [0.25, 0.3) is 11.1 Å². The second-order valence-corrected chi connectivity index (χ2v) is 3.35. The van der Waals surface area contributed by atoms with Gasteiger partial charge in [-0.2, -0.15) is 5.10 Å². The van der Waals surface area contributed by atoms with E-state index < -0.39 is 0 Å². The summed E-state index contributed by atoms with van der Waals surface area (Å²) in [5, 5.41) is 7.71. The van der Waals surface area contributed by atoms with Gasteiger partial charge in [-0.15, -0.1) is 5.10 Å². The van der Waals surface area contributed by atoms with Crippen molar-refractivity contribution in [1.29, 1.82) is 0 Å². The summed E-state index contributed by atoms with van der Waals surface area (Å²) in [6.07, 6.45) is 0. The standard InChI is InChI=1S/C11H11FN4/c1-7-9(6-11(14-13)16-15-7)8-4-2-3-5-10(8)12/h2-6H,13H2,1H3,(H,14,16). The molecule has 1 aromatic carbocycles. The van der Waals surface area contributed by atoms with E-state index in [4.69, 9.17) is 5.84 Å². The van der Waals surface area contributed by atoms with Crippen molar-refractivity contribution < 1.29 is 4.39 Å². The van der Waals surface area contributed by atoms with Gasteiger partial charge in [-0.05, 0) is 19.1 Å². The van der Waals surface area contributed by atoms with Crippen LogP contribution in [-0.2, 0) is 0 Å². The van der Waals surface area contributed by atoms with Crippen molar-refractivity contribution in [1.82, 2.24) is 10.2 Å². The Morgan fingerprint density at radius 1 is 1.19 bits per heavy atom. The first-order chi connectivity index (χ1) is 7.72. The molecule has 3 N–H and O–H groups in total. The van der Waals surface area contributed by atoms with Crippen LogP contribution in [0.4, 0.5) is 10.2 Å². The number of nitrogen functional groups attached to an aromatic ring is 1. The van der Waals surface area contributed by atoms with Gasteiger partial charge in [0.05, 0.1) is 5.69 Å². The minimum atomic E-state index is -0.290. The molecule has 0 spiro atoms. The fourth-order valence-electron chi connectivity index (χ4n) is 1.48. The second kappa shape index (κ2) is 4.24. The Labute approximate surface area is 92.3 Å². The van der Waals surface area contributed by atoms with E-state index >= 15 is 0 Å². The lowest BCUT2D eigenvalue weighted by molar-refractivity contribution is 0.631. The molecule has 2 aromatic rings. The predicted molar refractivity (Wildman–Crippen MR) is 60.0 cm³/mol. The maximum absolute atomic E-state index is 13.6. The van der Waals surface area contributed by atoms with E-state index in [1.54, 1.807) is 31.2 Å². The van der Waals surface area contributed by atoms with E-state index in [9.17, 15) is 4.39 Å². The summed E-state index contributed by atoms with van der Waals surface area (Å²) >= 11 is 0. The van der Waals surface area contributed by atoms with Gasteiger partial charge >= 0.3 is 0 Å². The highest BCUT2D eigenvalue weighted by molar-refractivity contribution is 5.68. The zero-order chi connectivity index (χ0) is 11.5. The molecule has 82 valence electrons. The third-order valence-electron chi connectivity index (χ3n) is 2.29. The zero-order valence-electron chi connectivity index (χ0n) is 8.74. The fourth-order valence-corrected chi connectivity index (χ4v) is 1.48. The smallest absolute Gasteiger partial charge is 0.163 e. The van der Waals surface area contributed by atoms with E-state index in [2.05, 4.69) is 15.6 Å². The lowest BCUT2D eigenvalue weighted by atomic mass is 10.0. The highest BCUT2D eigenvalue weighted by Gasteiger charge is 2.09. The molecule has 0 aliphatic rings. The van der Waals surface area contributed by atoms with Crippen LogP contribution >= 0.6 is 0 Å². The summed E-state index contributed by atoms with van der Waals surface area (Å²) < 4.78 is 13.6. The molecule has 5 heteroatoms. The number of anilines is 1. The van der Waals surface area contributed by atoms with Crippen molar-refractivity contribution in [3.8, 4) is 11.1 Å². The number of nitrogens with two attached hydrogens (primary N) is 1. The number of hydrazine groups is 1. The summed E-state index contributed by atoms with van der Waals surface area (Å²) in [6, 6.07) is 8.18. The van der Waals surface area contributed by atoms with Gasteiger partial charge in [0.25, 0.3) is 0 Å². The van der Waals surface area contributed by atoms with Gasteiger partial charge < -0.3 is 5.43 Å². The van der Waals surface area contributed by atoms with Gasteiger partial charge in [0.15, 0.2) is 5.82 Å². The fraction of sp³-hybridized carbons (Fsp3) is 0.0909. The van der Waals surface area contributed by atoms with Crippen molar-refractivity contribution in [3.63, 3.8) is 0 Å². The van der Waals surface area contributed by atoms with Gasteiger partial charge in [0.1, 0.15) is 5.82 Å². The molecule has 0 amide bonds. The van der Waals surface area contributed by atoms with Crippen LogP contribution in [0, 0.1) is 12.7 Å². The molecule has 0 aliphatic heterocycles. The molecule has 4 nitrogen and oxygen atoms in total. The molecule has 0 aliphatic carbocycles. The lowest BCUT2D eigenvalue weighted by Gasteiger charge is -2.07. The van der Waals surface area contributed by atoms with Crippen LogP contribution in [-0.4, -0.2) is 10.2 Å². The quantitative estimate of drug-likeness (QED) is 0.596. The summed E-state index contributed by atoms with van der Waals surface area (Å²) in [4.78, 5) is 0. The average Bonchev–Trinajstić information content (AvgIpc) is 2.31. The molecule has 0 saturated heterocycles. The van der Waals surface area contributed by atoms with Crippen LogP contribution in [0.2, 0.25) is 0 Å². The van der Waals surface area contributed by atoms with Crippen LogP contribution in [0.3, 0.4) is 0 Å². The predicted octanol–water partition coefficient (Wildman–Crippen LogP) is 1.88. The number of rotatable bonds is 2. The van der Waals surface area contributed by atoms with Crippen molar-refractivity contribution in [2.24, 2.45) is 5.84 Å². The second-order valence-electron chi connectivity index (χ2n) is 3.35. The Hall–Kier alpha value is -2.01. The third-order valence-corrected chi connectivity index (χ3v) is 2.29. The van der Waals surface area contributed by atoms with Crippen molar-refractivity contribution >= 4 is 5.82 Å². The highest BCUT2D eigenvalue weighted by atomic mass is 19.1. The lowest BCUT2D eigenvalue weighted by Crippen LogP contribution is -2.10. The molecule has 2 rings (SSSR count). The molecule has 0 saturated carbocycles. The van der Waals surface area contributed by atoms with Crippen molar-refractivity contribution in [2.45, 2.75) is 6.92 Å². The molecular formula is C11H11FN4. The van der Waals surface area contributed by atoms with Crippen molar-refractivity contribution in [2.75, 3.05) is 5.43 Å². The number of nitrogens with zero attached hydrogens (tertiary/aromatic N) is 2. The summed E-state index contributed by atoms with van der Waals surface area (Å²) in [5.74, 6) is 5.35. The third kappa shape index (κ3) is 1.85. The monoisotopic (exact) mass is 218 g/mol. The Balaban J connectivity index is 2.59. The van der Waals surface area contributed by atoms with E-state index in [0.29, 0.717) is 22.6 Å². The molecule has 0 radical (unpaired) electrons. The first-order valence-electron chi connectivity index (χ1n) is 4.78. The summed E-state index contributed by atoms with van der Waals surface area (Å²) in [6.45, 7) is 1.77. The van der Waals surface area contributed by atoms with Gasteiger partial charge in [0.2, 0.25) is 0 Å². The first kappa shape index (κ1) is 10.5. The number of halogens is 1. The molecule has 16 heavy (non-hydrogen) atoms. The SMILES string of the molecule is Cc1nnc(NN)cc1-c1ccccc1F. The number of hydrogen-bond acceptors (Lipinski definition) is 4. The van der Waals surface area contributed by atoms with Crippen LogP contribution in [0.5, 0.6) is 0 Å². The zero-order valence-corrected chi connectivity index (χ0v) is 8.74. The van der Waals surface area contributed by atoms with Gasteiger partial charge in [-0.3, -0.25) is 0 Å². The Bertz CT molecular complexity index is 513. The molecule has 0 unspecified atom stereocenters. The normalized spacial score (nSPS) is 10.2. The number of hydrogen-bond donors (Lipinski definition) is 2. The Morgan fingerprint density at radius 2 is 1.94 bits per heavy atom. The number of nitrogens with one attached hydrogen (secondary N) is 1. The molecule has 0 atom stereocenters. The van der Waals surface area contributed by atoms with E-state index in [1.807, 2.05) is 0 Å². The number of aromatic nitrogens is 2. The highest BCUT2D eigenvalue weighted by Crippen LogP contribution is 2.25. The Morgan fingerprint density at radius 3 is 2.62 bits per heavy atom.